The second-order valence-corrected chi connectivity index (χ2v) is 9.22. The zero-order valence-corrected chi connectivity index (χ0v) is 18.8. The molecule has 0 aliphatic carbocycles. The number of carbonyl (C=O) groups excluding carboxylic acids is 1. The summed E-state index contributed by atoms with van der Waals surface area (Å²) in [5.41, 5.74) is 5.95. The molecule has 3 N–H and O–H groups in total. The Hall–Kier alpha value is -2.49. The van der Waals surface area contributed by atoms with E-state index in [2.05, 4.69) is 4.72 Å². The summed E-state index contributed by atoms with van der Waals surface area (Å²) in [6.07, 6.45) is 0.492. The first kappa shape index (κ1) is 23.8. The van der Waals surface area contributed by atoms with Gasteiger partial charge in [-0.05, 0) is 57.0 Å². The highest BCUT2D eigenvalue weighted by Crippen LogP contribution is 2.20. The number of nitrogens with one attached hydrogen (secondary N) is 1. The third-order valence-corrected chi connectivity index (χ3v) is 5.93. The number of esters is 1. The van der Waals surface area contributed by atoms with Crippen molar-refractivity contribution in [2.45, 2.75) is 37.7 Å². The maximum atomic E-state index is 12.4. The molecule has 7 nitrogen and oxygen atoms in total. The average Bonchev–Trinajstić information content (AvgIpc) is 2.69. The SMILES string of the molecule is CCOC(=O)C(C)(C)Oc1ccc(CCNS(=O)(=O)c2ccc(C(N)=S)cc2)cc1. The fourth-order valence-corrected chi connectivity index (χ4v) is 3.74. The topological polar surface area (TPSA) is 108 Å². The molecule has 2 aromatic carbocycles. The summed E-state index contributed by atoms with van der Waals surface area (Å²) < 4.78 is 38.1. The quantitative estimate of drug-likeness (QED) is 0.423. The minimum Gasteiger partial charge on any atom is -0.476 e. The van der Waals surface area contributed by atoms with E-state index in [9.17, 15) is 13.2 Å². The van der Waals surface area contributed by atoms with E-state index < -0.39 is 21.6 Å². The molecule has 0 spiro atoms. The van der Waals surface area contributed by atoms with Gasteiger partial charge in [0.25, 0.3) is 0 Å². The van der Waals surface area contributed by atoms with Gasteiger partial charge in [0.05, 0.1) is 11.5 Å². The molecule has 162 valence electrons. The molecular weight excluding hydrogens is 424 g/mol. The minimum atomic E-state index is -3.63. The van der Waals surface area contributed by atoms with E-state index in [1.165, 1.54) is 12.1 Å². The molecule has 30 heavy (non-hydrogen) atoms. The van der Waals surface area contributed by atoms with Crippen LogP contribution in [0.5, 0.6) is 5.75 Å². The largest absolute Gasteiger partial charge is 0.476 e. The summed E-state index contributed by atoms with van der Waals surface area (Å²) in [5.74, 6) is 0.0834. The van der Waals surface area contributed by atoms with Gasteiger partial charge in [0.15, 0.2) is 5.60 Å². The Morgan fingerprint density at radius 2 is 1.70 bits per heavy atom. The number of sulfonamides is 1. The summed E-state index contributed by atoms with van der Waals surface area (Å²) in [4.78, 5) is 12.3. The van der Waals surface area contributed by atoms with Crippen LogP contribution in [0.15, 0.2) is 53.4 Å². The fourth-order valence-electron chi connectivity index (χ4n) is 2.58. The molecule has 0 atom stereocenters. The highest BCUT2D eigenvalue weighted by Gasteiger charge is 2.31. The Morgan fingerprint density at radius 3 is 2.23 bits per heavy atom. The highest BCUT2D eigenvalue weighted by molar-refractivity contribution is 7.89. The number of hydrogen-bond donors (Lipinski definition) is 2. The van der Waals surface area contributed by atoms with Crippen molar-refractivity contribution in [3.8, 4) is 5.75 Å². The van der Waals surface area contributed by atoms with Crippen molar-refractivity contribution in [3.63, 3.8) is 0 Å². The van der Waals surface area contributed by atoms with Gasteiger partial charge in [0, 0.05) is 12.1 Å². The van der Waals surface area contributed by atoms with E-state index in [0.717, 1.165) is 5.56 Å². The molecule has 2 rings (SSSR count). The monoisotopic (exact) mass is 450 g/mol. The predicted molar refractivity (Wildman–Crippen MR) is 119 cm³/mol. The summed E-state index contributed by atoms with van der Waals surface area (Å²) in [6.45, 7) is 5.53. The first-order valence-electron chi connectivity index (χ1n) is 9.40. The third-order valence-electron chi connectivity index (χ3n) is 4.22. The first-order valence-corrected chi connectivity index (χ1v) is 11.3. The number of rotatable bonds is 10. The van der Waals surface area contributed by atoms with Crippen LogP contribution in [0.4, 0.5) is 0 Å². The lowest BCUT2D eigenvalue weighted by atomic mass is 10.1. The summed E-state index contributed by atoms with van der Waals surface area (Å²) in [6, 6.07) is 13.2. The van der Waals surface area contributed by atoms with E-state index in [0.29, 0.717) is 17.7 Å². The summed E-state index contributed by atoms with van der Waals surface area (Å²) in [5, 5.41) is 0. The molecule has 0 aliphatic heterocycles. The number of thiocarbonyl (C=S) groups is 1. The molecule has 0 aliphatic rings. The summed E-state index contributed by atoms with van der Waals surface area (Å²) in [7, 11) is -3.63. The van der Waals surface area contributed by atoms with Gasteiger partial charge < -0.3 is 15.2 Å². The Balaban J connectivity index is 1.92. The second-order valence-electron chi connectivity index (χ2n) is 7.01. The van der Waals surface area contributed by atoms with Crippen LogP contribution >= 0.6 is 12.2 Å². The van der Waals surface area contributed by atoms with E-state index in [-0.39, 0.29) is 23.0 Å². The average molecular weight is 451 g/mol. The number of ether oxygens (including phenoxy) is 2. The van der Waals surface area contributed by atoms with Crippen LogP contribution in [0.2, 0.25) is 0 Å². The molecule has 0 heterocycles. The third kappa shape index (κ3) is 6.51. The van der Waals surface area contributed by atoms with Crippen LogP contribution < -0.4 is 15.2 Å². The van der Waals surface area contributed by atoms with Crippen LogP contribution in [0, 0.1) is 0 Å². The molecule has 0 fully saturated rings. The van der Waals surface area contributed by atoms with E-state index in [1.807, 2.05) is 12.1 Å². The Bertz CT molecular complexity index is 985. The van der Waals surface area contributed by atoms with Crippen LogP contribution in [0.3, 0.4) is 0 Å². The molecular formula is C21H26N2O5S2. The second kappa shape index (κ2) is 10.0. The van der Waals surface area contributed by atoms with Gasteiger partial charge in [0.1, 0.15) is 10.7 Å². The van der Waals surface area contributed by atoms with Crippen molar-refractivity contribution in [1.82, 2.24) is 4.72 Å². The van der Waals surface area contributed by atoms with Gasteiger partial charge in [-0.2, -0.15) is 0 Å². The first-order chi connectivity index (χ1) is 14.0. The van der Waals surface area contributed by atoms with Crippen LogP contribution in [-0.4, -0.2) is 38.1 Å². The van der Waals surface area contributed by atoms with E-state index >= 15 is 0 Å². The van der Waals surface area contributed by atoms with E-state index in [4.69, 9.17) is 27.4 Å². The maximum Gasteiger partial charge on any atom is 0.349 e. The van der Waals surface area contributed by atoms with Crippen molar-refractivity contribution < 1.29 is 22.7 Å². The predicted octanol–water partition coefficient (Wildman–Crippen LogP) is 2.56. The van der Waals surface area contributed by atoms with Crippen LogP contribution in [0.25, 0.3) is 0 Å². The Kier molecular flexibility index (Phi) is 7.94. The van der Waals surface area contributed by atoms with Crippen molar-refractivity contribution >= 4 is 33.2 Å². The normalized spacial score (nSPS) is 11.7. The highest BCUT2D eigenvalue weighted by atomic mass is 32.2. The molecule has 0 bridgehead atoms. The molecule has 0 amide bonds. The van der Waals surface area contributed by atoms with E-state index in [1.54, 1.807) is 45.0 Å². The zero-order chi connectivity index (χ0) is 22.4. The number of carbonyl (C=O) groups is 1. The van der Waals surface area contributed by atoms with Gasteiger partial charge in [0.2, 0.25) is 10.0 Å². The Labute approximate surface area is 182 Å². The van der Waals surface area contributed by atoms with Gasteiger partial charge in [-0.3, -0.25) is 0 Å². The molecule has 0 saturated heterocycles. The molecule has 9 heteroatoms. The maximum absolute atomic E-state index is 12.4. The number of nitrogens with two attached hydrogens (primary N) is 1. The Morgan fingerprint density at radius 1 is 1.10 bits per heavy atom. The molecule has 0 saturated carbocycles. The zero-order valence-electron chi connectivity index (χ0n) is 17.2. The van der Waals surface area contributed by atoms with Crippen molar-refractivity contribution in [1.29, 1.82) is 0 Å². The van der Waals surface area contributed by atoms with Gasteiger partial charge in [-0.25, -0.2) is 17.9 Å². The lowest BCUT2D eigenvalue weighted by molar-refractivity contribution is -0.158. The van der Waals surface area contributed by atoms with Crippen LogP contribution in [-0.2, 0) is 26.0 Å². The molecule has 2 aromatic rings. The summed E-state index contributed by atoms with van der Waals surface area (Å²) >= 11 is 4.87. The van der Waals surface area contributed by atoms with Crippen molar-refractivity contribution in [2.75, 3.05) is 13.2 Å². The van der Waals surface area contributed by atoms with Crippen molar-refractivity contribution in [3.05, 3.63) is 59.7 Å². The van der Waals surface area contributed by atoms with Gasteiger partial charge in [-0.1, -0.05) is 36.5 Å². The molecule has 0 aromatic heterocycles. The molecule has 0 unspecified atom stereocenters. The van der Waals surface area contributed by atoms with Gasteiger partial charge >= 0.3 is 5.97 Å². The lowest BCUT2D eigenvalue weighted by Gasteiger charge is -2.24. The number of hydrogen-bond acceptors (Lipinski definition) is 6. The standard InChI is InChI=1S/C21H26N2O5S2/c1-4-27-20(24)21(2,3)28-17-9-5-15(6-10-17)13-14-23-30(25,26)18-11-7-16(8-12-18)19(22)29/h5-12,23H,4,13-14H2,1-3H3,(H2,22,29). The van der Waals surface area contributed by atoms with Crippen LogP contribution in [0.1, 0.15) is 31.9 Å². The number of benzene rings is 2. The smallest absolute Gasteiger partial charge is 0.349 e. The minimum absolute atomic E-state index is 0.146. The fraction of sp³-hybridized carbons (Fsp3) is 0.333. The molecule has 0 radical (unpaired) electrons. The lowest BCUT2D eigenvalue weighted by Crippen LogP contribution is -2.39. The van der Waals surface area contributed by atoms with Crippen molar-refractivity contribution in [2.24, 2.45) is 5.73 Å². The van der Waals surface area contributed by atoms with Gasteiger partial charge in [-0.15, -0.1) is 0 Å².